The van der Waals surface area contributed by atoms with E-state index < -0.39 is 6.10 Å². The molecule has 2 aromatic rings. The van der Waals surface area contributed by atoms with Gasteiger partial charge in [0, 0.05) is 24.3 Å². The highest BCUT2D eigenvalue weighted by Crippen LogP contribution is 2.23. The van der Waals surface area contributed by atoms with Crippen LogP contribution in [0.15, 0.2) is 48.5 Å². The minimum absolute atomic E-state index is 0.153. The molecule has 0 bridgehead atoms. The van der Waals surface area contributed by atoms with Crippen LogP contribution < -0.4 is 15.0 Å². The molecule has 2 amide bonds. The van der Waals surface area contributed by atoms with Gasteiger partial charge < -0.3 is 15.0 Å². The Labute approximate surface area is 160 Å². The molecular weight excluding hydrogens is 340 g/mol. The monoisotopic (exact) mass is 366 g/mol. The van der Waals surface area contributed by atoms with Crippen LogP contribution in [-0.2, 0) is 16.0 Å². The average Bonchev–Trinajstić information content (AvgIpc) is 3.13. The van der Waals surface area contributed by atoms with Crippen molar-refractivity contribution in [2.75, 3.05) is 16.8 Å². The lowest BCUT2D eigenvalue weighted by Gasteiger charge is -2.19. The van der Waals surface area contributed by atoms with Gasteiger partial charge in [0.05, 0.1) is 0 Å². The Kier molecular flexibility index (Phi) is 6.12. The number of aryl methyl sites for hydroxylation is 1. The molecule has 1 saturated heterocycles. The number of carbonyl (C=O) groups excluding carboxylic acids is 2. The van der Waals surface area contributed by atoms with Crippen LogP contribution in [0.25, 0.3) is 0 Å². The Morgan fingerprint density at radius 2 is 1.81 bits per heavy atom. The van der Waals surface area contributed by atoms with Crippen molar-refractivity contribution in [3.8, 4) is 5.75 Å². The molecule has 5 nitrogen and oxygen atoms in total. The van der Waals surface area contributed by atoms with Crippen molar-refractivity contribution in [1.29, 1.82) is 0 Å². The van der Waals surface area contributed by atoms with E-state index >= 15 is 0 Å². The summed E-state index contributed by atoms with van der Waals surface area (Å²) in [5, 5.41) is 2.90. The molecule has 0 aromatic heterocycles. The molecule has 2 aromatic carbocycles. The van der Waals surface area contributed by atoms with Crippen LogP contribution in [0, 0.1) is 0 Å². The van der Waals surface area contributed by atoms with E-state index in [2.05, 4.69) is 12.2 Å². The van der Waals surface area contributed by atoms with Gasteiger partial charge in [-0.1, -0.05) is 26.0 Å². The molecule has 5 heteroatoms. The molecule has 0 unspecified atom stereocenters. The summed E-state index contributed by atoms with van der Waals surface area (Å²) in [7, 11) is 0. The molecule has 3 rings (SSSR count). The Morgan fingerprint density at radius 1 is 1.11 bits per heavy atom. The molecule has 0 saturated carbocycles. The largest absolute Gasteiger partial charge is 0.481 e. The van der Waals surface area contributed by atoms with Crippen LogP contribution in [0.1, 0.15) is 38.7 Å². The maximum absolute atomic E-state index is 12.6. The Balaban J connectivity index is 1.61. The summed E-state index contributed by atoms with van der Waals surface area (Å²) in [6.45, 7) is 4.78. The van der Waals surface area contributed by atoms with Crippen molar-refractivity contribution in [2.45, 2.75) is 45.6 Å². The Hall–Kier alpha value is -2.82. The number of hydrogen-bond donors (Lipinski definition) is 1. The highest BCUT2D eigenvalue weighted by Gasteiger charge is 2.22. The first-order valence-electron chi connectivity index (χ1n) is 9.57. The first-order chi connectivity index (χ1) is 13.1. The van der Waals surface area contributed by atoms with Gasteiger partial charge in [-0.2, -0.15) is 0 Å². The summed E-state index contributed by atoms with van der Waals surface area (Å²) in [5.41, 5.74) is 2.80. The predicted molar refractivity (Wildman–Crippen MR) is 107 cm³/mol. The summed E-state index contributed by atoms with van der Waals surface area (Å²) < 4.78 is 5.85. The lowest BCUT2D eigenvalue weighted by atomic mass is 10.1. The van der Waals surface area contributed by atoms with Crippen LogP contribution in [-0.4, -0.2) is 24.5 Å². The third kappa shape index (κ3) is 4.67. The number of rotatable bonds is 7. The number of benzene rings is 2. The topological polar surface area (TPSA) is 58.6 Å². The molecule has 1 N–H and O–H groups in total. The van der Waals surface area contributed by atoms with Gasteiger partial charge in [-0.25, -0.2) is 0 Å². The number of nitrogens with zero attached hydrogens (tertiary/aromatic N) is 1. The first-order valence-corrected chi connectivity index (χ1v) is 9.57. The minimum Gasteiger partial charge on any atom is -0.481 e. The van der Waals surface area contributed by atoms with Gasteiger partial charge in [0.2, 0.25) is 5.91 Å². The Morgan fingerprint density at radius 3 is 2.37 bits per heavy atom. The number of hydrogen-bond acceptors (Lipinski definition) is 3. The fraction of sp³-hybridized carbons (Fsp3) is 0.364. The van der Waals surface area contributed by atoms with E-state index in [-0.39, 0.29) is 11.8 Å². The average molecular weight is 366 g/mol. The van der Waals surface area contributed by atoms with E-state index in [0.29, 0.717) is 24.3 Å². The summed E-state index contributed by atoms with van der Waals surface area (Å²) >= 11 is 0. The second kappa shape index (κ2) is 8.71. The van der Waals surface area contributed by atoms with Crippen molar-refractivity contribution in [2.24, 2.45) is 0 Å². The van der Waals surface area contributed by atoms with E-state index in [1.807, 2.05) is 55.5 Å². The molecule has 0 aliphatic carbocycles. The summed E-state index contributed by atoms with van der Waals surface area (Å²) in [6, 6.07) is 15.2. The predicted octanol–water partition coefficient (Wildman–Crippen LogP) is 4.17. The van der Waals surface area contributed by atoms with E-state index in [4.69, 9.17) is 4.74 Å². The third-order valence-corrected chi connectivity index (χ3v) is 4.79. The highest BCUT2D eigenvalue weighted by molar-refractivity contribution is 5.97. The third-order valence-electron chi connectivity index (χ3n) is 4.79. The maximum Gasteiger partial charge on any atom is 0.265 e. The number of amides is 2. The molecule has 0 spiro atoms. The van der Waals surface area contributed by atoms with E-state index in [0.717, 1.165) is 25.1 Å². The molecule has 1 aliphatic rings. The summed E-state index contributed by atoms with van der Waals surface area (Å²) in [6.07, 6.45) is 2.48. The highest BCUT2D eigenvalue weighted by atomic mass is 16.5. The molecule has 0 radical (unpaired) electrons. The molecule has 1 atom stereocenters. The van der Waals surface area contributed by atoms with Crippen LogP contribution in [0.4, 0.5) is 11.4 Å². The van der Waals surface area contributed by atoms with Crippen molar-refractivity contribution in [1.82, 2.24) is 0 Å². The second-order valence-corrected chi connectivity index (χ2v) is 6.70. The van der Waals surface area contributed by atoms with E-state index in [1.54, 1.807) is 4.90 Å². The molecule has 1 aliphatic heterocycles. The van der Waals surface area contributed by atoms with Gasteiger partial charge in [-0.3, -0.25) is 9.59 Å². The van der Waals surface area contributed by atoms with Gasteiger partial charge in [0.1, 0.15) is 5.75 Å². The van der Waals surface area contributed by atoms with Gasteiger partial charge in [0.25, 0.3) is 5.91 Å². The Bertz CT molecular complexity index is 784. The number of ether oxygens (including phenoxy) is 1. The smallest absolute Gasteiger partial charge is 0.265 e. The van der Waals surface area contributed by atoms with Crippen molar-refractivity contribution >= 4 is 23.2 Å². The van der Waals surface area contributed by atoms with Gasteiger partial charge >= 0.3 is 0 Å². The van der Waals surface area contributed by atoms with E-state index in [1.165, 1.54) is 5.56 Å². The van der Waals surface area contributed by atoms with Gasteiger partial charge in [-0.05, 0) is 61.2 Å². The fourth-order valence-corrected chi connectivity index (χ4v) is 3.16. The van der Waals surface area contributed by atoms with Crippen LogP contribution in [0.2, 0.25) is 0 Å². The molecule has 142 valence electrons. The molecule has 1 heterocycles. The van der Waals surface area contributed by atoms with E-state index in [9.17, 15) is 9.59 Å². The normalized spacial score (nSPS) is 14.9. The number of carbonyl (C=O) groups is 2. The zero-order chi connectivity index (χ0) is 19.2. The zero-order valence-electron chi connectivity index (χ0n) is 15.9. The molecule has 1 fully saturated rings. The van der Waals surface area contributed by atoms with Crippen molar-refractivity contribution in [3.05, 3.63) is 54.1 Å². The summed E-state index contributed by atoms with van der Waals surface area (Å²) in [4.78, 5) is 26.2. The van der Waals surface area contributed by atoms with Crippen LogP contribution in [0.5, 0.6) is 5.75 Å². The minimum atomic E-state index is -0.558. The van der Waals surface area contributed by atoms with Crippen LogP contribution in [0.3, 0.4) is 0 Å². The maximum atomic E-state index is 12.6. The standard InChI is InChI=1S/C22H26N2O3/c1-3-16-7-13-19(14-8-16)27-20(4-2)22(26)23-17-9-11-18(12-10-17)24-15-5-6-21(24)25/h7-14,20H,3-6,15H2,1-2H3,(H,23,26)/t20-/m1/s1. The fourth-order valence-electron chi connectivity index (χ4n) is 3.16. The number of nitrogens with one attached hydrogen (secondary N) is 1. The van der Waals surface area contributed by atoms with Crippen molar-refractivity contribution in [3.63, 3.8) is 0 Å². The summed E-state index contributed by atoms with van der Waals surface area (Å²) in [5.74, 6) is 0.666. The van der Waals surface area contributed by atoms with Gasteiger partial charge in [-0.15, -0.1) is 0 Å². The number of anilines is 2. The quantitative estimate of drug-likeness (QED) is 0.800. The van der Waals surface area contributed by atoms with Crippen molar-refractivity contribution < 1.29 is 14.3 Å². The SMILES string of the molecule is CCc1ccc(O[C@H](CC)C(=O)Nc2ccc(N3CCCC3=O)cc2)cc1. The first kappa shape index (κ1) is 19.0. The zero-order valence-corrected chi connectivity index (χ0v) is 15.9. The molecular formula is C22H26N2O3. The lowest BCUT2D eigenvalue weighted by molar-refractivity contribution is -0.122. The second-order valence-electron chi connectivity index (χ2n) is 6.70. The van der Waals surface area contributed by atoms with Crippen LogP contribution >= 0.6 is 0 Å². The lowest BCUT2D eigenvalue weighted by Crippen LogP contribution is -2.32. The van der Waals surface area contributed by atoms with Gasteiger partial charge in [0.15, 0.2) is 6.10 Å². The molecule has 27 heavy (non-hydrogen) atoms.